The average molecular weight is 257 g/mol. The van der Waals surface area contributed by atoms with Gasteiger partial charge in [0.25, 0.3) is 5.91 Å². The lowest BCUT2D eigenvalue weighted by molar-refractivity contribution is -0.139. The molecule has 1 amide bonds. The molecule has 0 aromatic heterocycles. The highest BCUT2D eigenvalue weighted by Gasteiger charge is 2.29. The zero-order valence-corrected chi connectivity index (χ0v) is 8.56. The van der Waals surface area contributed by atoms with E-state index in [4.69, 9.17) is 4.74 Å². The van der Waals surface area contributed by atoms with Gasteiger partial charge in [-0.1, -0.05) is 6.92 Å². The second-order valence-electron chi connectivity index (χ2n) is 2.21. The van der Waals surface area contributed by atoms with Gasteiger partial charge in [0.1, 0.15) is 5.60 Å². The minimum absolute atomic E-state index is 0.0851. The zero-order valence-electron chi connectivity index (χ0n) is 6.40. The molecule has 0 spiro atoms. The van der Waals surface area contributed by atoms with Crippen LogP contribution in [0.15, 0.2) is 0 Å². The first kappa shape index (κ1) is 10.2. The molecule has 0 heterocycles. The summed E-state index contributed by atoms with van der Waals surface area (Å²) in [5.74, 6) is -0.0851. The van der Waals surface area contributed by atoms with Gasteiger partial charge in [-0.2, -0.15) is 0 Å². The Kier molecular flexibility index (Phi) is 4.19. The van der Waals surface area contributed by atoms with Gasteiger partial charge in [-0.3, -0.25) is 8.32 Å². The van der Waals surface area contributed by atoms with Crippen molar-refractivity contribution in [3.05, 3.63) is 0 Å². The zero-order chi connectivity index (χ0) is 8.20. The lowest BCUT2D eigenvalue weighted by atomic mass is 10.0. The molecule has 0 saturated heterocycles. The van der Waals surface area contributed by atoms with E-state index < -0.39 is 5.60 Å². The van der Waals surface area contributed by atoms with Crippen molar-refractivity contribution in [2.45, 2.75) is 25.9 Å². The molecule has 0 rings (SSSR count). The van der Waals surface area contributed by atoms with E-state index in [1.54, 1.807) is 29.8 Å². The fourth-order valence-electron chi connectivity index (χ4n) is 0.498. The lowest BCUT2D eigenvalue weighted by Crippen LogP contribution is -2.41. The fraction of sp³-hybridized carbons (Fsp3) is 0.833. The SMILES string of the molecule is CCC(C)(OC)C(=O)NI. The van der Waals surface area contributed by atoms with Crippen molar-refractivity contribution in [1.82, 2.24) is 3.53 Å². The van der Waals surface area contributed by atoms with E-state index in [0.717, 1.165) is 0 Å². The summed E-state index contributed by atoms with van der Waals surface area (Å²) in [5.41, 5.74) is -0.665. The van der Waals surface area contributed by atoms with E-state index in [-0.39, 0.29) is 5.91 Å². The second-order valence-corrected chi connectivity index (χ2v) is 2.75. The maximum absolute atomic E-state index is 11.1. The van der Waals surface area contributed by atoms with E-state index in [9.17, 15) is 4.79 Å². The molecule has 0 fully saturated rings. The first-order valence-corrected chi connectivity index (χ1v) is 4.14. The van der Waals surface area contributed by atoms with Gasteiger partial charge >= 0.3 is 0 Å². The van der Waals surface area contributed by atoms with Crippen molar-refractivity contribution in [2.24, 2.45) is 0 Å². The van der Waals surface area contributed by atoms with Crippen LogP contribution in [0.2, 0.25) is 0 Å². The van der Waals surface area contributed by atoms with Gasteiger partial charge in [0, 0.05) is 7.11 Å². The lowest BCUT2D eigenvalue weighted by Gasteiger charge is -2.23. The van der Waals surface area contributed by atoms with Crippen LogP contribution in [0.5, 0.6) is 0 Å². The van der Waals surface area contributed by atoms with Crippen LogP contribution in [-0.4, -0.2) is 18.6 Å². The van der Waals surface area contributed by atoms with Gasteiger partial charge in [0.15, 0.2) is 0 Å². The van der Waals surface area contributed by atoms with E-state index in [0.29, 0.717) is 6.42 Å². The van der Waals surface area contributed by atoms with Crippen LogP contribution in [0, 0.1) is 0 Å². The average Bonchev–Trinajstić information content (AvgIpc) is 2.01. The number of ether oxygens (including phenoxy) is 1. The summed E-state index contributed by atoms with van der Waals surface area (Å²) in [6, 6.07) is 0. The molecule has 0 radical (unpaired) electrons. The first-order valence-electron chi connectivity index (χ1n) is 3.07. The Morgan fingerprint density at radius 1 is 1.80 bits per heavy atom. The van der Waals surface area contributed by atoms with Crippen LogP contribution < -0.4 is 3.53 Å². The highest BCUT2D eigenvalue weighted by atomic mass is 127. The molecular weight excluding hydrogens is 245 g/mol. The molecule has 1 atom stereocenters. The molecule has 0 aliphatic rings. The van der Waals surface area contributed by atoms with Crippen molar-refractivity contribution in [3.8, 4) is 0 Å². The highest BCUT2D eigenvalue weighted by Crippen LogP contribution is 2.13. The molecule has 0 saturated carbocycles. The van der Waals surface area contributed by atoms with E-state index in [2.05, 4.69) is 3.53 Å². The van der Waals surface area contributed by atoms with Gasteiger partial charge in [0.2, 0.25) is 0 Å². The van der Waals surface area contributed by atoms with Crippen molar-refractivity contribution in [1.29, 1.82) is 0 Å². The van der Waals surface area contributed by atoms with E-state index in [1.165, 1.54) is 7.11 Å². The number of hydrogen-bond acceptors (Lipinski definition) is 2. The number of halogens is 1. The number of rotatable bonds is 3. The van der Waals surface area contributed by atoms with Crippen molar-refractivity contribution < 1.29 is 9.53 Å². The molecular formula is C6H12INO2. The van der Waals surface area contributed by atoms with Crippen molar-refractivity contribution in [2.75, 3.05) is 7.11 Å². The molecule has 3 nitrogen and oxygen atoms in total. The number of amides is 1. The number of methoxy groups -OCH3 is 1. The normalized spacial score (nSPS) is 16.0. The second kappa shape index (κ2) is 4.12. The fourth-order valence-corrected chi connectivity index (χ4v) is 1.07. The van der Waals surface area contributed by atoms with Gasteiger partial charge in [-0.05, 0) is 13.3 Å². The predicted molar refractivity (Wildman–Crippen MR) is 47.9 cm³/mol. The third-order valence-electron chi connectivity index (χ3n) is 1.69. The maximum Gasteiger partial charge on any atom is 0.260 e. The molecule has 1 unspecified atom stereocenters. The Labute approximate surface area is 75.0 Å². The Bertz CT molecular complexity index is 123. The van der Waals surface area contributed by atoms with Crippen LogP contribution in [-0.2, 0) is 9.53 Å². The van der Waals surface area contributed by atoms with Crippen molar-refractivity contribution in [3.63, 3.8) is 0 Å². The quantitative estimate of drug-likeness (QED) is 0.610. The van der Waals surface area contributed by atoms with E-state index in [1.807, 2.05) is 6.92 Å². The standard InChI is InChI=1S/C6H12INO2/c1-4-6(2,10-3)5(9)8-7/h4H2,1-3H3,(H,8,9). The molecule has 4 heteroatoms. The molecule has 60 valence electrons. The summed E-state index contributed by atoms with van der Waals surface area (Å²) in [5, 5.41) is 0. The molecule has 0 aliphatic carbocycles. The van der Waals surface area contributed by atoms with Crippen LogP contribution in [0.25, 0.3) is 0 Å². The molecule has 10 heavy (non-hydrogen) atoms. The van der Waals surface area contributed by atoms with Crippen LogP contribution in [0.1, 0.15) is 20.3 Å². The summed E-state index contributed by atoms with van der Waals surface area (Å²) < 4.78 is 7.54. The summed E-state index contributed by atoms with van der Waals surface area (Å²) in [7, 11) is 1.54. The van der Waals surface area contributed by atoms with Crippen molar-refractivity contribution >= 4 is 28.8 Å². The maximum atomic E-state index is 11.1. The van der Waals surface area contributed by atoms with Gasteiger partial charge < -0.3 is 4.74 Å². The summed E-state index contributed by atoms with van der Waals surface area (Å²) in [4.78, 5) is 11.1. The molecule has 0 aromatic carbocycles. The molecule has 0 aromatic rings. The smallest absolute Gasteiger partial charge is 0.260 e. The number of carbonyl (C=O) groups excluding carboxylic acids is 1. The largest absolute Gasteiger partial charge is 0.369 e. The predicted octanol–water partition coefficient (Wildman–Crippen LogP) is 1.27. The molecule has 0 aliphatic heterocycles. The Balaban J connectivity index is 4.17. The minimum Gasteiger partial charge on any atom is -0.369 e. The van der Waals surface area contributed by atoms with Gasteiger partial charge in [-0.15, -0.1) is 0 Å². The van der Waals surface area contributed by atoms with Crippen LogP contribution in [0.4, 0.5) is 0 Å². The summed E-state index contributed by atoms with van der Waals surface area (Å²) in [6.45, 7) is 3.68. The third kappa shape index (κ3) is 2.09. The number of carbonyl (C=O) groups is 1. The highest BCUT2D eigenvalue weighted by molar-refractivity contribution is 14.1. The molecule has 1 N–H and O–H groups in total. The van der Waals surface area contributed by atoms with E-state index >= 15 is 0 Å². The third-order valence-corrected chi connectivity index (χ3v) is 2.18. The van der Waals surface area contributed by atoms with Crippen LogP contribution >= 0.6 is 22.9 Å². The first-order chi connectivity index (χ1) is 4.60. The Morgan fingerprint density at radius 3 is 2.40 bits per heavy atom. The summed E-state index contributed by atoms with van der Waals surface area (Å²) >= 11 is 1.81. The molecule has 0 bridgehead atoms. The summed E-state index contributed by atoms with van der Waals surface area (Å²) in [6.07, 6.45) is 0.679. The van der Waals surface area contributed by atoms with Gasteiger partial charge in [0.05, 0.1) is 22.9 Å². The Morgan fingerprint density at radius 2 is 2.30 bits per heavy atom. The topological polar surface area (TPSA) is 38.3 Å². The number of hydrogen-bond donors (Lipinski definition) is 1. The monoisotopic (exact) mass is 257 g/mol. The van der Waals surface area contributed by atoms with Crippen LogP contribution in [0.3, 0.4) is 0 Å². The Hall–Kier alpha value is 0.160. The van der Waals surface area contributed by atoms with Gasteiger partial charge in [-0.25, -0.2) is 0 Å². The minimum atomic E-state index is -0.665. The number of nitrogens with one attached hydrogen (secondary N) is 1.